The van der Waals surface area contributed by atoms with E-state index in [4.69, 9.17) is 5.11 Å². The number of amides is 1. The second kappa shape index (κ2) is 5.98. The molecule has 1 unspecified atom stereocenters. The highest BCUT2D eigenvalue weighted by Gasteiger charge is 2.22. The molecule has 0 aliphatic carbocycles. The summed E-state index contributed by atoms with van der Waals surface area (Å²) in [6.07, 6.45) is 3.04. The topological polar surface area (TPSA) is 52.6 Å². The van der Waals surface area contributed by atoms with Crippen LogP contribution in [-0.2, 0) is 4.79 Å². The molecule has 0 aromatic rings. The number of hydrogen-bond acceptors (Lipinski definition) is 3. The third-order valence-corrected chi connectivity index (χ3v) is 2.74. The number of aliphatic hydroxyl groups excluding tert-OH is 1. The normalized spacial score (nSPS) is 22.4. The van der Waals surface area contributed by atoms with Crippen LogP contribution in [0.3, 0.4) is 0 Å². The van der Waals surface area contributed by atoms with Gasteiger partial charge in [0.2, 0.25) is 5.91 Å². The smallest absolute Gasteiger partial charge is 0.236 e. The van der Waals surface area contributed by atoms with Gasteiger partial charge < -0.3 is 15.3 Å². The molecule has 0 saturated carbocycles. The Morgan fingerprint density at radius 2 is 2.43 bits per heavy atom. The molecular weight excluding hydrogens is 180 g/mol. The summed E-state index contributed by atoms with van der Waals surface area (Å²) < 4.78 is 0. The van der Waals surface area contributed by atoms with Crippen molar-refractivity contribution >= 4 is 5.91 Å². The molecule has 82 valence electrons. The highest BCUT2D eigenvalue weighted by molar-refractivity contribution is 5.78. The van der Waals surface area contributed by atoms with E-state index in [0.29, 0.717) is 12.5 Å². The average molecular weight is 200 g/mol. The molecule has 1 atom stereocenters. The molecule has 0 radical (unpaired) electrons. The van der Waals surface area contributed by atoms with Gasteiger partial charge in [0.05, 0.1) is 6.54 Å². The average Bonchev–Trinajstić information content (AvgIpc) is 2.19. The first kappa shape index (κ1) is 11.5. The monoisotopic (exact) mass is 200 g/mol. The van der Waals surface area contributed by atoms with Gasteiger partial charge in [0.15, 0.2) is 0 Å². The van der Waals surface area contributed by atoms with Gasteiger partial charge in [-0.1, -0.05) is 0 Å². The molecule has 0 spiro atoms. The van der Waals surface area contributed by atoms with Gasteiger partial charge >= 0.3 is 0 Å². The first-order valence-corrected chi connectivity index (χ1v) is 5.31. The molecule has 1 aliphatic heterocycles. The molecule has 1 amide bonds. The van der Waals surface area contributed by atoms with Crippen LogP contribution in [-0.4, -0.2) is 49.2 Å². The minimum atomic E-state index is 0.176. The minimum Gasteiger partial charge on any atom is -0.396 e. The Kier molecular flexibility index (Phi) is 4.90. The predicted molar refractivity (Wildman–Crippen MR) is 54.9 cm³/mol. The standard InChI is InChI=1S/C10H20N2O2/c1-11-7-10(14)12-5-2-3-9(8-12)4-6-13/h9,11,13H,2-8H2,1H3. The Bertz CT molecular complexity index is 183. The van der Waals surface area contributed by atoms with Gasteiger partial charge in [0.25, 0.3) is 0 Å². The third kappa shape index (κ3) is 3.27. The molecule has 1 rings (SSSR count). The minimum absolute atomic E-state index is 0.176. The van der Waals surface area contributed by atoms with Crippen molar-refractivity contribution in [3.63, 3.8) is 0 Å². The van der Waals surface area contributed by atoms with Crippen molar-refractivity contribution in [3.05, 3.63) is 0 Å². The number of carbonyl (C=O) groups is 1. The molecule has 1 aliphatic rings. The number of aliphatic hydroxyl groups is 1. The maximum atomic E-state index is 11.5. The molecule has 0 aromatic carbocycles. The zero-order valence-electron chi connectivity index (χ0n) is 8.83. The molecule has 1 heterocycles. The fourth-order valence-corrected chi connectivity index (χ4v) is 1.97. The fourth-order valence-electron chi connectivity index (χ4n) is 1.97. The van der Waals surface area contributed by atoms with Crippen molar-refractivity contribution in [2.75, 3.05) is 33.3 Å². The molecule has 1 saturated heterocycles. The molecule has 4 heteroatoms. The van der Waals surface area contributed by atoms with Crippen LogP contribution in [0.1, 0.15) is 19.3 Å². The van der Waals surface area contributed by atoms with Crippen LogP contribution in [0.5, 0.6) is 0 Å². The van der Waals surface area contributed by atoms with Gasteiger partial charge in [-0.05, 0) is 32.2 Å². The number of likely N-dealkylation sites (N-methyl/N-ethyl adjacent to an activating group) is 1. The Hall–Kier alpha value is -0.610. The van der Waals surface area contributed by atoms with Crippen molar-refractivity contribution in [2.24, 2.45) is 5.92 Å². The summed E-state index contributed by atoms with van der Waals surface area (Å²) in [6.45, 7) is 2.36. The van der Waals surface area contributed by atoms with Crippen LogP contribution in [0.25, 0.3) is 0 Å². The Morgan fingerprint density at radius 3 is 3.07 bits per heavy atom. The lowest BCUT2D eigenvalue weighted by Crippen LogP contribution is -2.43. The summed E-state index contributed by atoms with van der Waals surface area (Å²) in [5, 5.41) is 11.7. The molecule has 0 bridgehead atoms. The molecular formula is C10H20N2O2. The summed E-state index contributed by atoms with van der Waals surface area (Å²) in [4.78, 5) is 13.5. The summed E-state index contributed by atoms with van der Waals surface area (Å²) >= 11 is 0. The lowest BCUT2D eigenvalue weighted by molar-refractivity contribution is -0.132. The highest BCUT2D eigenvalue weighted by atomic mass is 16.3. The van der Waals surface area contributed by atoms with Gasteiger partial charge in [-0.3, -0.25) is 4.79 Å². The second-order valence-corrected chi connectivity index (χ2v) is 3.89. The maximum absolute atomic E-state index is 11.5. The van der Waals surface area contributed by atoms with Crippen LogP contribution in [0.4, 0.5) is 0 Å². The summed E-state index contributed by atoms with van der Waals surface area (Å²) in [5.74, 6) is 0.671. The largest absolute Gasteiger partial charge is 0.396 e. The van der Waals surface area contributed by atoms with Gasteiger partial charge in [0.1, 0.15) is 0 Å². The summed E-state index contributed by atoms with van der Waals surface area (Å²) in [6, 6.07) is 0. The zero-order chi connectivity index (χ0) is 10.4. The van der Waals surface area contributed by atoms with Crippen LogP contribution < -0.4 is 5.32 Å². The molecule has 0 aromatic heterocycles. The fraction of sp³-hybridized carbons (Fsp3) is 0.900. The lowest BCUT2D eigenvalue weighted by Gasteiger charge is -2.32. The first-order chi connectivity index (χ1) is 6.77. The van der Waals surface area contributed by atoms with Crippen molar-refractivity contribution in [3.8, 4) is 0 Å². The van der Waals surface area contributed by atoms with Crippen molar-refractivity contribution in [2.45, 2.75) is 19.3 Å². The van der Waals surface area contributed by atoms with Crippen molar-refractivity contribution in [1.29, 1.82) is 0 Å². The Morgan fingerprint density at radius 1 is 1.64 bits per heavy atom. The quantitative estimate of drug-likeness (QED) is 0.662. The van der Waals surface area contributed by atoms with Gasteiger partial charge in [-0.25, -0.2) is 0 Å². The van der Waals surface area contributed by atoms with E-state index in [2.05, 4.69) is 5.32 Å². The maximum Gasteiger partial charge on any atom is 0.236 e. The predicted octanol–water partition coefficient (Wildman–Crippen LogP) is -0.173. The molecule has 2 N–H and O–H groups in total. The number of nitrogens with one attached hydrogen (secondary N) is 1. The number of piperidine rings is 1. The number of likely N-dealkylation sites (tertiary alicyclic amines) is 1. The van der Waals surface area contributed by atoms with E-state index in [1.165, 1.54) is 0 Å². The van der Waals surface area contributed by atoms with Crippen LogP contribution in [0.15, 0.2) is 0 Å². The Balaban J connectivity index is 2.35. The van der Waals surface area contributed by atoms with E-state index in [1.54, 1.807) is 7.05 Å². The van der Waals surface area contributed by atoms with E-state index in [-0.39, 0.29) is 12.5 Å². The lowest BCUT2D eigenvalue weighted by atomic mass is 9.95. The molecule has 4 nitrogen and oxygen atoms in total. The number of rotatable bonds is 4. The van der Waals surface area contributed by atoms with Gasteiger partial charge in [-0.15, -0.1) is 0 Å². The summed E-state index contributed by atoms with van der Waals surface area (Å²) in [7, 11) is 1.78. The van der Waals surface area contributed by atoms with Crippen LogP contribution in [0, 0.1) is 5.92 Å². The van der Waals surface area contributed by atoms with E-state index >= 15 is 0 Å². The third-order valence-electron chi connectivity index (χ3n) is 2.74. The zero-order valence-corrected chi connectivity index (χ0v) is 8.83. The van der Waals surface area contributed by atoms with E-state index < -0.39 is 0 Å². The number of carbonyl (C=O) groups excluding carboxylic acids is 1. The van der Waals surface area contributed by atoms with Crippen molar-refractivity contribution < 1.29 is 9.90 Å². The highest BCUT2D eigenvalue weighted by Crippen LogP contribution is 2.18. The second-order valence-electron chi connectivity index (χ2n) is 3.89. The number of hydrogen-bond donors (Lipinski definition) is 2. The molecule has 1 fully saturated rings. The van der Waals surface area contributed by atoms with Crippen LogP contribution >= 0.6 is 0 Å². The van der Waals surface area contributed by atoms with Crippen molar-refractivity contribution in [1.82, 2.24) is 10.2 Å². The van der Waals surface area contributed by atoms with E-state index in [0.717, 1.165) is 32.4 Å². The SMILES string of the molecule is CNCC(=O)N1CCCC(CCO)C1. The molecule has 14 heavy (non-hydrogen) atoms. The number of nitrogens with zero attached hydrogens (tertiary/aromatic N) is 1. The Labute approximate surface area is 85.3 Å². The van der Waals surface area contributed by atoms with E-state index in [1.807, 2.05) is 4.90 Å². The summed E-state index contributed by atoms with van der Waals surface area (Å²) in [5.41, 5.74) is 0. The van der Waals surface area contributed by atoms with E-state index in [9.17, 15) is 4.79 Å². The van der Waals surface area contributed by atoms with Crippen LogP contribution in [0.2, 0.25) is 0 Å². The van der Waals surface area contributed by atoms with Gasteiger partial charge in [0, 0.05) is 19.7 Å². The van der Waals surface area contributed by atoms with Gasteiger partial charge in [-0.2, -0.15) is 0 Å². The first-order valence-electron chi connectivity index (χ1n) is 5.31.